The highest BCUT2D eigenvalue weighted by Crippen LogP contribution is 2.34. The number of urea groups is 1. The van der Waals surface area contributed by atoms with E-state index in [1.165, 1.54) is 0 Å². The van der Waals surface area contributed by atoms with Crippen molar-refractivity contribution in [3.8, 4) is 17.2 Å². The van der Waals surface area contributed by atoms with Crippen LogP contribution in [0.2, 0.25) is 0 Å². The van der Waals surface area contributed by atoms with Gasteiger partial charge in [-0.1, -0.05) is 22.0 Å². The lowest BCUT2D eigenvalue weighted by Crippen LogP contribution is -2.32. The SMILES string of the molecule is O=C(NCCOc1cccc(Br)c1)Nc1ccc2c(c1)OCO2. The van der Waals surface area contributed by atoms with Crippen LogP contribution in [0.4, 0.5) is 10.5 Å². The van der Waals surface area contributed by atoms with Gasteiger partial charge in [0.2, 0.25) is 6.79 Å². The van der Waals surface area contributed by atoms with Gasteiger partial charge in [-0.05, 0) is 30.3 Å². The quantitative estimate of drug-likeness (QED) is 0.782. The van der Waals surface area contributed by atoms with E-state index in [1.54, 1.807) is 18.2 Å². The van der Waals surface area contributed by atoms with Crippen LogP contribution in [0, 0.1) is 0 Å². The molecule has 3 rings (SSSR count). The third-order valence-electron chi connectivity index (χ3n) is 3.08. The first kappa shape index (κ1) is 15.5. The Hall–Kier alpha value is -2.41. The summed E-state index contributed by atoms with van der Waals surface area (Å²) in [5.41, 5.74) is 0.639. The van der Waals surface area contributed by atoms with Crippen LogP contribution in [0.1, 0.15) is 0 Å². The van der Waals surface area contributed by atoms with Crippen LogP contribution in [0.3, 0.4) is 0 Å². The first-order chi connectivity index (χ1) is 11.2. The maximum Gasteiger partial charge on any atom is 0.319 e. The van der Waals surface area contributed by atoms with Crippen LogP contribution in [0.5, 0.6) is 17.2 Å². The standard InChI is InChI=1S/C16H15BrN2O4/c17-11-2-1-3-13(8-11)21-7-6-18-16(20)19-12-4-5-14-15(9-12)23-10-22-14/h1-5,8-9H,6-7,10H2,(H2,18,19,20). The molecule has 0 radical (unpaired) electrons. The van der Waals surface area contributed by atoms with E-state index in [0.29, 0.717) is 30.3 Å². The minimum Gasteiger partial charge on any atom is -0.492 e. The monoisotopic (exact) mass is 378 g/mol. The van der Waals surface area contributed by atoms with Gasteiger partial charge in [0, 0.05) is 16.2 Å². The zero-order chi connectivity index (χ0) is 16.1. The smallest absolute Gasteiger partial charge is 0.319 e. The Morgan fingerprint density at radius 2 is 2.04 bits per heavy atom. The Bertz CT molecular complexity index is 708. The van der Waals surface area contributed by atoms with E-state index in [-0.39, 0.29) is 12.8 Å². The summed E-state index contributed by atoms with van der Waals surface area (Å²) in [6, 6.07) is 12.5. The molecule has 0 unspecified atom stereocenters. The van der Waals surface area contributed by atoms with Crippen LogP contribution >= 0.6 is 15.9 Å². The van der Waals surface area contributed by atoms with Gasteiger partial charge < -0.3 is 24.8 Å². The van der Waals surface area contributed by atoms with Crippen LogP contribution < -0.4 is 24.8 Å². The Kier molecular flexibility index (Phi) is 4.87. The molecule has 0 fully saturated rings. The topological polar surface area (TPSA) is 68.8 Å². The molecule has 6 nitrogen and oxygen atoms in total. The van der Waals surface area contributed by atoms with Gasteiger partial charge in [0.25, 0.3) is 0 Å². The van der Waals surface area contributed by atoms with Crippen LogP contribution in [0.15, 0.2) is 46.9 Å². The van der Waals surface area contributed by atoms with Gasteiger partial charge in [0.05, 0.1) is 6.54 Å². The van der Waals surface area contributed by atoms with Crippen LogP contribution in [-0.2, 0) is 0 Å². The van der Waals surface area contributed by atoms with Crippen molar-refractivity contribution >= 4 is 27.6 Å². The van der Waals surface area contributed by atoms with Gasteiger partial charge in [-0.3, -0.25) is 0 Å². The van der Waals surface area contributed by atoms with E-state index in [0.717, 1.165) is 10.2 Å². The summed E-state index contributed by atoms with van der Waals surface area (Å²) in [5, 5.41) is 5.46. The first-order valence-electron chi connectivity index (χ1n) is 7.03. The maximum absolute atomic E-state index is 11.8. The van der Waals surface area contributed by atoms with Gasteiger partial charge in [0.15, 0.2) is 11.5 Å². The second-order valence-electron chi connectivity index (χ2n) is 4.75. The number of halogens is 1. The van der Waals surface area contributed by atoms with Crippen LogP contribution in [0.25, 0.3) is 0 Å². The number of carbonyl (C=O) groups excluding carboxylic acids is 1. The van der Waals surface area contributed by atoms with Gasteiger partial charge >= 0.3 is 6.03 Å². The summed E-state index contributed by atoms with van der Waals surface area (Å²) < 4.78 is 17.0. The fraction of sp³-hybridized carbons (Fsp3) is 0.188. The normalized spacial score (nSPS) is 11.9. The molecule has 0 atom stereocenters. The summed E-state index contributed by atoms with van der Waals surface area (Å²) in [6.45, 7) is 0.978. The molecule has 7 heteroatoms. The molecule has 0 saturated carbocycles. The molecule has 120 valence electrons. The van der Waals surface area contributed by atoms with Crippen molar-refractivity contribution in [3.05, 3.63) is 46.9 Å². The third kappa shape index (κ3) is 4.29. The highest BCUT2D eigenvalue weighted by Gasteiger charge is 2.13. The number of rotatable bonds is 5. The van der Waals surface area contributed by atoms with Gasteiger partial charge in [-0.2, -0.15) is 0 Å². The highest BCUT2D eigenvalue weighted by atomic mass is 79.9. The minimum atomic E-state index is -0.304. The second-order valence-corrected chi connectivity index (χ2v) is 5.67. The molecular weight excluding hydrogens is 364 g/mol. The number of hydrogen-bond acceptors (Lipinski definition) is 4. The Morgan fingerprint density at radius 3 is 2.91 bits per heavy atom. The van der Waals surface area contributed by atoms with E-state index in [4.69, 9.17) is 14.2 Å². The summed E-state index contributed by atoms with van der Waals surface area (Å²) in [6.07, 6.45) is 0. The number of ether oxygens (including phenoxy) is 3. The lowest BCUT2D eigenvalue weighted by atomic mass is 10.3. The summed E-state index contributed by atoms with van der Waals surface area (Å²) in [5.74, 6) is 2.05. The van der Waals surface area contributed by atoms with Crippen molar-refractivity contribution in [3.63, 3.8) is 0 Å². The number of nitrogens with one attached hydrogen (secondary N) is 2. The molecule has 2 aromatic carbocycles. The molecule has 2 N–H and O–H groups in total. The third-order valence-corrected chi connectivity index (χ3v) is 3.58. The van der Waals surface area contributed by atoms with E-state index >= 15 is 0 Å². The average Bonchev–Trinajstić information content (AvgIpc) is 2.99. The van der Waals surface area contributed by atoms with E-state index in [1.807, 2.05) is 24.3 Å². The number of anilines is 1. The van der Waals surface area contributed by atoms with Crippen molar-refractivity contribution in [2.24, 2.45) is 0 Å². The zero-order valence-electron chi connectivity index (χ0n) is 12.2. The molecular formula is C16H15BrN2O4. The second kappa shape index (κ2) is 7.23. The lowest BCUT2D eigenvalue weighted by molar-refractivity contribution is 0.174. The van der Waals surface area contributed by atoms with Gasteiger partial charge in [-0.25, -0.2) is 4.79 Å². The molecule has 1 aliphatic heterocycles. The number of fused-ring (bicyclic) bond motifs is 1. The fourth-order valence-electron chi connectivity index (χ4n) is 2.04. The molecule has 0 aliphatic carbocycles. The molecule has 2 aromatic rings. The predicted molar refractivity (Wildman–Crippen MR) is 89.2 cm³/mol. The number of hydrogen-bond donors (Lipinski definition) is 2. The van der Waals surface area contributed by atoms with Crippen molar-refractivity contribution < 1.29 is 19.0 Å². The molecule has 1 heterocycles. The van der Waals surface area contributed by atoms with Crippen molar-refractivity contribution in [1.29, 1.82) is 0 Å². The van der Waals surface area contributed by atoms with Crippen molar-refractivity contribution in [2.75, 3.05) is 25.3 Å². The average molecular weight is 379 g/mol. The summed E-state index contributed by atoms with van der Waals surface area (Å²) in [4.78, 5) is 11.8. The molecule has 0 spiro atoms. The molecule has 1 aliphatic rings. The maximum atomic E-state index is 11.8. The first-order valence-corrected chi connectivity index (χ1v) is 7.83. The molecule has 0 saturated heterocycles. The minimum absolute atomic E-state index is 0.206. The molecule has 23 heavy (non-hydrogen) atoms. The molecule has 0 aromatic heterocycles. The largest absolute Gasteiger partial charge is 0.492 e. The van der Waals surface area contributed by atoms with E-state index in [9.17, 15) is 4.79 Å². The van der Waals surface area contributed by atoms with Crippen molar-refractivity contribution in [1.82, 2.24) is 5.32 Å². The van der Waals surface area contributed by atoms with Gasteiger partial charge in [0.1, 0.15) is 12.4 Å². The zero-order valence-corrected chi connectivity index (χ0v) is 13.8. The number of benzene rings is 2. The number of amides is 2. The molecule has 0 bridgehead atoms. The Morgan fingerprint density at radius 1 is 1.17 bits per heavy atom. The van der Waals surface area contributed by atoms with Crippen LogP contribution in [-0.4, -0.2) is 26.0 Å². The predicted octanol–water partition coefficient (Wildman–Crippen LogP) is 3.38. The Labute approximate surface area is 141 Å². The summed E-state index contributed by atoms with van der Waals surface area (Å²) in [7, 11) is 0. The van der Waals surface area contributed by atoms with E-state index in [2.05, 4.69) is 26.6 Å². The molecule has 2 amide bonds. The fourth-order valence-corrected chi connectivity index (χ4v) is 2.42. The van der Waals surface area contributed by atoms with Gasteiger partial charge in [-0.15, -0.1) is 0 Å². The lowest BCUT2D eigenvalue weighted by Gasteiger charge is -2.09. The van der Waals surface area contributed by atoms with Crippen molar-refractivity contribution in [2.45, 2.75) is 0 Å². The number of carbonyl (C=O) groups is 1. The highest BCUT2D eigenvalue weighted by molar-refractivity contribution is 9.10. The van der Waals surface area contributed by atoms with E-state index < -0.39 is 0 Å². The Balaban J connectivity index is 1.41. The summed E-state index contributed by atoms with van der Waals surface area (Å²) >= 11 is 3.37.